The molecule has 6 nitrogen and oxygen atoms in total. The molecule has 0 unspecified atom stereocenters. The Morgan fingerprint density at radius 2 is 1.95 bits per heavy atom. The first-order valence-corrected chi connectivity index (χ1v) is 5.43. The highest BCUT2D eigenvalue weighted by Gasteiger charge is 2.17. The summed E-state index contributed by atoms with van der Waals surface area (Å²) in [6, 6.07) is 8.11. The maximum Gasteiger partial charge on any atom is 0.341 e. The topological polar surface area (TPSA) is 105 Å². The molecule has 0 aliphatic rings. The monoisotopic (exact) mass is 260 g/mol. The molecule has 0 aliphatic carbocycles. The molecule has 1 heterocycles. The van der Waals surface area contributed by atoms with Gasteiger partial charge in [0, 0.05) is 5.56 Å². The van der Waals surface area contributed by atoms with E-state index in [4.69, 9.17) is 15.6 Å². The van der Waals surface area contributed by atoms with Crippen molar-refractivity contribution in [2.24, 2.45) is 0 Å². The molecule has 0 aliphatic heterocycles. The minimum Gasteiger partial charge on any atom is -0.497 e. The van der Waals surface area contributed by atoms with Crippen molar-refractivity contribution in [3.63, 3.8) is 0 Å². The molecule has 19 heavy (non-hydrogen) atoms. The number of carbonyl (C=O) groups is 1. The molecular weight excluding hydrogens is 248 g/mol. The second kappa shape index (κ2) is 4.85. The van der Waals surface area contributed by atoms with Gasteiger partial charge in [-0.05, 0) is 23.8 Å². The van der Waals surface area contributed by atoms with E-state index in [1.807, 2.05) is 0 Å². The van der Waals surface area contributed by atoms with E-state index < -0.39 is 11.5 Å². The number of rotatable bonds is 3. The van der Waals surface area contributed by atoms with Crippen LogP contribution in [0, 0.1) is 0 Å². The van der Waals surface area contributed by atoms with Gasteiger partial charge in [0.2, 0.25) is 0 Å². The van der Waals surface area contributed by atoms with Crippen LogP contribution in [0.1, 0.15) is 10.4 Å². The molecule has 0 saturated carbocycles. The normalized spacial score (nSPS) is 10.2. The zero-order valence-electron chi connectivity index (χ0n) is 10.1. The van der Waals surface area contributed by atoms with Crippen molar-refractivity contribution in [1.82, 2.24) is 4.98 Å². The number of aromatic carboxylic acids is 1. The molecule has 0 bridgehead atoms. The Morgan fingerprint density at radius 3 is 2.47 bits per heavy atom. The van der Waals surface area contributed by atoms with Gasteiger partial charge in [-0.1, -0.05) is 12.1 Å². The Morgan fingerprint density at radius 1 is 1.32 bits per heavy atom. The molecule has 0 atom stereocenters. The molecule has 0 amide bonds. The van der Waals surface area contributed by atoms with Gasteiger partial charge >= 0.3 is 5.97 Å². The molecule has 1 aromatic heterocycles. The van der Waals surface area contributed by atoms with Crippen LogP contribution < -0.4 is 16.0 Å². The van der Waals surface area contributed by atoms with Gasteiger partial charge in [0.1, 0.15) is 17.1 Å². The third kappa shape index (κ3) is 2.42. The number of nitrogens with one attached hydrogen (secondary N) is 1. The number of aromatic amines is 1. The fraction of sp³-hybridized carbons (Fsp3) is 0.0769. The number of nitrogens with two attached hydrogens (primary N) is 1. The van der Waals surface area contributed by atoms with Gasteiger partial charge < -0.3 is 20.6 Å². The Hall–Kier alpha value is -2.76. The minimum absolute atomic E-state index is 0.112. The van der Waals surface area contributed by atoms with Crippen LogP contribution in [-0.4, -0.2) is 23.2 Å². The fourth-order valence-electron chi connectivity index (χ4n) is 1.79. The predicted molar refractivity (Wildman–Crippen MR) is 70.4 cm³/mol. The van der Waals surface area contributed by atoms with E-state index in [1.54, 1.807) is 24.3 Å². The highest BCUT2D eigenvalue weighted by Crippen LogP contribution is 2.25. The van der Waals surface area contributed by atoms with Crippen LogP contribution in [-0.2, 0) is 0 Å². The van der Waals surface area contributed by atoms with Crippen molar-refractivity contribution in [2.75, 3.05) is 12.8 Å². The van der Waals surface area contributed by atoms with Crippen molar-refractivity contribution in [3.05, 3.63) is 46.2 Å². The number of pyridine rings is 1. The third-order valence-corrected chi connectivity index (χ3v) is 2.67. The minimum atomic E-state index is -1.30. The van der Waals surface area contributed by atoms with Gasteiger partial charge in [0.05, 0.1) is 7.11 Å². The molecule has 1 aromatic carbocycles. The lowest BCUT2D eigenvalue weighted by atomic mass is 10.0. The fourth-order valence-corrected chi connectivity index (χ4v) is 1.79. The van der Waals surface area contributed by atoms with E-state index >= 15 is 0 Å². The first kappa shape index (κ1) is 12.7. The SMILES string of the molecule is COc1ccc(-c2cc(N)[nH]c(=O)c2C(=O)O)cc1. The zero-order valence-corrected chi connectivity index (χ0v) is 10.1. The molecule has 2 rings (SSSR count). The van der Waals surface area contributed by atoms with Gasteiger partial charge in [-0.15, -0.1) is 0 Å². The number of nitrogen functional groups attached to an aromatic ring is 1. The Labute approximate surface area is 108 Å². The van der Waals surface area contributed by atoms with Crippen molar-refractivity contribution >= 4 is 11.8 Å². The summed E-state index contributed by atoms with van der Waals surface area (Å²) in [7, 11) is 1.53. The summed E-state index contributed by atoms with van der Waals surface area (Å²) in [5.41, 5.74) is 5.35. The second-order valence-electron chi connectivity index (χ2n) is 3.88. The van der Waals surface area contributed by atoms with E-state index in [0.717, 1.165) is 0 Å². The smallest absolute Gasteiger partial charge is 0.341 e. The van der Waals surface area contributed by atoms with Crippen LogP contribution in [0.2, 0.25) is 0 Å². The average Bonchev–Trinajstić information content (AvgIpc) is 2.37. The standard InChI is InChI=1S/C13H12N2O4/c1-19-8-4-2-7(3-5-8)9-6-10(14)15-12(16)11(9)13(17)18/h2-6H,1H3,(H,17,18)(H3,14,15,16). The number of carboxylic acid groups (broad SMARTS) is 1. The summed E-state index contributed by atoms with van der Waals surface area (Å²) >= 11 is 0. The number of H-pyrrole nitrogens is 1. The largest absolute Gasteiger partial charge is 0.497 e. The Bertz CT molecular complexity index is 674. The van der Waals surface area contributed by atoms with Gasteiger partial charge in [0.25, 0.3) is 5.56 Å². The number of anilines is 1. The molecule has 0 saturated heterocycles. The molecule has 4 N–H and O–H groups in total. The lowest BCUT2D eigenvalue weighted by Gasteiger charge is -2.07. The second-order valence-corrected chi connectivity index (χ2v) is 3.88. The number of ether oxygens (including phenoxy) is 1. The van der Waals surface area contributed by atoms with Gasteiger partial charge in [-0.3, -0.25) is 4.79 Å². The van der Waals surface area contributed by atoms with Gasteiger partial charge in [-0.2, -0.15) is 0 Å². The molecule has 2 aromatic rings. The first-order chi connectivity index (χ1) is 9.02. The van der Waals surface area contributed by atoms with Crippen LogP contribution in [0.3, 0.4) is 0 Å². The van der Waals surface area contributed by atoms with Crippen molar-refractivity contribution in [1.29, 1.82) is 0 Å². The average molecular weight is 260 g/mol. The molecule has 98 valence electrons. The van der Waals surface area contributed by atoms with E-state index in [1.165, 1.54) is 13.2 Å². The number of aromatic nitrogens is 1. The third-order valence-electron chi connectivity index (χ3n) is 2.67. The first-order valence-electron chi connectivity index (χ1n) is 5.43. The maximum atomic E-state index is 11.7. The number of carboxylic acids is 1. The summed E-state index contributed by atoms with van der Waals surface area (Å²) in [4.78, 5) is 25.1. The van der Waals surface area contributed by atoms with Crippen LogP contribution in [0.5, 0.6) is 5.75 Å². The van der Waals surface area contributed by atoms with Crippen molar-refractivity contribution < 1.29 is 14.6 Å². The van der Waals surface area contributed by atoms with E-state index in [2.05, 4.69) is 4.98 Å². The van der Waals surface area contributed by atoms with Gasteiger partial charge in [-0.25, -0.2) is 4.79 Å². The molecule has 6 heteroatoms. The van der Waals surface area contributed by atoms with Crippen LogP contribution in [0.25, 0.3) is 11.1 Å². The van der Waals surface area contributed by atoms with E-state index in [-0.39, 0.29) is 16.9 Å². The van der Waals surface area contributed by atoms with E-state index in [0.29, 0.717) is 11.3 Å². The Kier molecular flexibility index (Phi) is 3.24. The maximum absolute atomic E-state index is 11.7. The molecule has 0 spiro atoms. The summed E-state index contributed by atoms with van der Waals surface area (Å²) in [6.07, 6.45) is 0. The van der Waals surface area contributed by atoms with E-state index in [9.17, 15) is 9.59 Å². The molecular formula is C13H12N2O4. The van der Waals surface area contributed by atoms with Gasteiger partial charge in [0.15, 0.2) is 0 Å². The van der Waals surface area contributed by atoms with Crippen LogP contribution in [0.15, 0.2) is 35.1 Å². The summed E-state index contributed by atoms with van der Waals surface area (Å²) in [6.45, 7) is 0. The Balaban J connectivity index is 2.66. The van der Waals surface area contributed by atoms with Crippen LogP contribution in [0.4, 0.5) is 5.82 Å². The number of benzene rings is 1. The number of hydrogen-bond acceptors (Lipinski definition) is 4. The molecule has 0 radical (unpaired) electrons. The van der Waals surface area contributed by atoms with Crippen LogP contribution >= 0.6 is 0 Å². The highest BCUT2D eigenvalue weighted by molar-refractivity contribution is 5.96. The zero-order chi connectivity index (χ0) is 14.0. The van der Waals surface area contributed by atoms with Crippen molar-refractivity contribution in [2.45, 2.75) is 0 Å². The van der Waals surface area contributed by atoms with Crippen molar-refractivity contribution in [3.8, 4) is 16.9 Å². The predicted octanol–water partition coefficient (Wildman–Crippen LogP) is 1.33. The number of hydrogen-bond donors (Lipinski definition) is 3. The summed E-state index contributed by atoms with van der Waals surface area (Å²) < 4.78 is 5.02. The quantitative estimate of drug-likeness (QED) is 0.772. The lowest BCUT2D eigenvalue weighted by Crippen LogP contribution is -2.20. The lowest BCUT2D eigenvalue weighted by molar-refractivity contribution is 0.0696. The molecule has 0 fully saturated rings. The highest BCUT2D eigenvalue weighted by atomic mass is 16.5. The summed E-state index contributed by atoms with van der Waals surface area (Å²) in [5.74, 6) is -0.550. The number of methoxy groups -OCH3 is 1. The summed E-state index contributed by atoms with van der Waals surface area (Å²) in [5, 5.41) is 9.11.